The molecule has 0 radical (unpaired) electrons. The van der Waals surface area contributed by atoms with E-state index >= 15 is 0 Å². The van der Waals surface area contributed by atoms with Crippen LogP contribution in [-0.2, 0) is 4.79 Å². The summed E-state index contributed by atoms with van der Waals surface area (Å²) in [5.74, 6) is 1.82. The quantitative estimate of drug-likeness (QED) is 0.175. The first-order valence-electron chi connectivity index (χ1n) is 12.0. The number of hydrogen-bond acceptors (Lipinski definition) is 6. The normalized spacial score (nSPS) is 14.0. The summed E-state index contributed by atoms with van der Waals surface area (Å²) in [5.41, 5.74) is 4.09. The topological polar surface area (TPSA) is 69.0 Å². The van der Waals surface area contributed by atoms with Gasteiger partial charge in [0.25, 0.3) is 5.91 Å². The van der Waals surface area contributed by atoms with E-state index in [4.69, 9.17) is 31.2 Å². The number of thioether (sulfide) groups is 1. The van der Waals surface area contributed by atoms with Crippen molar-refractivity contribution in [2.24, 2.45) is 4.99 Å². The molecule has 1 aliphatic heterocycles. The molecule has 0 N–H and O–H groups in total. The number of nitrogens with zero attached hydrogens (tertiary/aromatic N) is 4. The fourth-order valence-electron chi connectivity index (χ4n) is 4.05. The lowest BCUT2D eigenvalue weighted by Crippen LogP contribution is -2.30. The Labute approximate surface area is 236 Å². The zero-order chi connectivity index (χ0) is 27.4. The van der Waals surface area contributed by atoms with Crippen molar-refractivity contribution in [2.45, 2.75) is 0 Å². The lowest BCUT2D eigenvalue weighted by molar-refractivity contribution is -0.113. The van der Waals surface area contributed by atoms with Gasteiger partial charge in [-0.2, -0.15) is 5.10 Å². The summed E-state index contributed by atoms with van der Waals surface area (Å²) in [4.78, 5) is 20.0. The van der Waals surface area contributed by atoms with Gasteiger partial charge in [-0.1, -0.05) is 35.5 Å². The van der Waals surface area contributed by atoms with Crippen LogP contribution in [0.5, 0.6) is 11.5 Å². The van der Waals surface area contributed by atoms with Crippen LogP contribution in [0.2, 0.25) is 5.02 Å². The number of aliphatic imine (C=N–C) groups is 1. The number of methoxy groups -OCH3 is 2. The van der Waals surface area contributed by atoms with Gasteiger partial charge in [0.15, 0.2) is 5.17 Å². The molecule has 0 spiro atoms. The number of ether oxygens (including phenoxy) is 2. The number of carbonyl (C=O) groups excluding carboxylic acids is 1. The van der Waals surface area contributed by atoms with Crippen LogP contribution < -0.4 is 14.4 Å². The van der Waals surface area contributed by atoms with E-state index in [1.165, 1.54) is 11.8 Å². The maximum absolute atomic E-state index is 13.7. The number of hydrogen-bond donors (Lipinski definition) is 0. The van der Waals surface area contributed by atoms with Crippen molar-refractivity contribution in [1.29, 1.82) is 0 Å². The van der Waals surface area contributed by atoms with Gasteiger partial charge < -0.3 is 9.47 Å². The van der Waals surface area contributed by atoms with E-state index < -0.39 is 0 Å². The molecular formula is C30H25ClN4O3S. The summed E-state index contributed by atoms with van der Waals surface area (Å²) >= 11 is 7.69. The van der Waals surface area contributed by atoms with Gasteiger partial charge in [-0.15, -0.1) is 6.58 Å². The molecule has 39 heavy (non-hydrogen) atoms. The second-order valence-corrected chi connectivity index (χ2v) is 9.87. The minimum atomic E-state index is -0.233. The van der Waals surface area contributed by atoms with Crippen molar-refractivity contribution >= 4 is 46.2 Å². The predicted octanol–water partition coefficient (Wildman–Crippen LogP) is 6.87. The molecule has 0 fully saturated rings. The third kappa shape index (κ3) is 5.62. The third-order valence-electron chi connectivity index (χ3n) is 5.96. The fourth-order valence-corrected chi connectivity index (χ4v) is 4.98. The first-order chi connectivity index (χ1) is 19.0. The molecule has 0 saturated carbocycles. The van der Waals surface area contributed by atoms with Gasteiger partial charge in [0.1, 0.15) is 22.9 Å². The Balaban J connectivity index is 1.60. The summed E-state index contributed by atoms with van der Waals surface area (Å²) < 4.78 is 12.3. The van der Waals surface area contributed by atoms with Crippen LogP contribution in [0.25, 0.3) is 23.0 Å². The minimum Gasteiger partial charge on any atom is -0.497 e. The van der Waals surface area contributed by atoms with Crippen LogP contribution in [0.3, 0.4) is 0 Å². The van der Waals surface area contributed by atoms with Gasteiger partial charge in [0.05, 0.1) is 25.6 Å². The highest BCUT2D eigenvalue weighted by atomic mass is 35.5. The first kappa shape index (κ1) is 26.3. The van der Waals surface area contributed by atoms with Gasteiger partial charge in [-0.25, -0.2) is 9.67 Å². The summed E-state index contributed by atoms with van der Waals surface area (Å²) in [6.07, 6.45) is 5.42. The highest BCUT2D eigenvalue weighted by Crippen LogP contribution is 2.33. The Morgan fingerprint density at radius 2 is 1.67 bits per heavy atom. The number of halogens is 1. The number of amidine groups is 1. The Morgan fingerprint density at radius 1 is 0.974 bits per heavy atom. The van der Waals surface area contributed by atoms with Crippen molar-refractivity contribution in [3.8, 4) is 28.4 Å². The highest BCUT2D eigenvalue weighted by Gasteiger charge is 2.32. The van der Waals surface area contributed by atoms with Crippen LogP contribution in [0.1, 0.15) is 5.56 Å². The molecule has 0 bridgehead atoms. The molecule has 4 aromatic rings. The number of aromatic nitrogens is 2. The first-order valence-corrected chi connectivity index (χ1v) is 13.4. The Bertz CT molecular complexity index is 1580. The number of carbonyl (C=O) groups is 1. The molecule has 5 rings (SSSR count). The summed E-state index contributed by atoms with van der Waals surface area (Å²) in [6.45, 7) is 3.80. The van der Waals surface area contributed by atoms with Gasteiger partial charge in [0.2, 0.25) is 0 Å². The van der Waals surface area contributed by atoms with E-state index in [1.54, 1.807) is 36.0 Å². The lowest BCUT2D eigenvalue weighted by Gasteiger charge is -2.17. The molecule has 0 saturated heterocycles. The SMILES string of the molecule is C=CCSC1=N/C(=C\c2cn(-c3cccc(Cl)c3)nc2-c2ccc(OC)cc2)C(=O)N1c1ccc(OC)cc1. The third-order valence-corrected chi connectivity index (χ3v) is 7.13. The molecule has 196 valence electrons. The van der Waals surface area contributed by atoms with Crippen molar-refractivity contribution in [3.63, 3.8) is 0 Å². The maximum Gasteiger partial charge on any atom is 0.283 e. The standard InChI is InChI=1S/C30H25ClN4O3S/c1-4-16-39-30-32-27(29(36)35(30)23-10-14-26(38-3)15-11-23)17-21-19-34(24-7-5-6-22(31)18-24)33-28(21)20-8-12-25(37-2)13-9-20/h4-15,17-19H,1,16H2,2-3H3/b27-17-. The monoisotopic (exact) mass is 556 g/mol. The summed E-state index contributed by atoms with van der Waals surface area (Å²) in [7, 11) is 3.23. The molecule has 1 aromatic heterocycles. The smallest absolute Gasteiger partial charge is 0.283 e. The molecule has 0 aliphatic carbocycles. The number of amides is 1. The number of rotatable bonds is 8. The average Bonchev–Trinajstić information content (AvgIpc) is 3.53. The number of anilines is 1. The van der Waals surface area contributed by atoms with E-state index in [1.807, 2.05) is 79.0 Å². The van der Waals surface area contributed by atoms with Crippen LogP contribution in [0.15, 0.2) is 102 Å². The van der Waals surface area contributed by atoms with Gasteiger partial charge in [0, 0.05) is 28.1 Å². The Kier molecular flexibility index (Phi) is 7.86. The van der Waals surface area contributed by atoms with E-state index in [-0.39, 0.29) is 5.91 Å². The molecule has 1 amide bonds. The summed E-state index contributed by atoms with van der Waals surface area (Å²) in [5, 5.41) is 6.02. The molecule has 1 aliphatic rings. The average molecular weight is 557 g/mol. The highest BCUT2D eigenvalue weighted by molar-refractivity contribution is 8.14. The molecule has 7 nitrogen and oxygen atoms in total. The second-order valence-electron chi connectivity index (χ2n) is 8.45. The van der Waals surface area contributed by atoms with Gasteiger partial charge >= 0.3 is 0 Å². The van der Waals surface area contributed by atoms with Crippen molar-refractivity contribution in [2.75, 3.05) is 24.9 Å². The van der Waals surface area contributed by atoms with Crippen LogP contribution in [0.4, 0.5) is 5.69 Å². The molecule has 2 heterocycles. The molecule has 3 aromatic carbocycles. The Hall–Kier alpha value is -4.27. The van der Waals surface area contributed by atoms with Crippen LogP contribution in [0, 0.1) is 0 Å². The second kappa shape index (κ2) is 11.6. The van der Waals surface area contributed by atoms with Gasteiger partial charge in [-0.3, -0.25) is 9.69 Å². The molecule has 9 heteroatoms. The van der Waals surface area contributed by atoms with Gasteiger partial charge in [-0.05, 0) is 72.8 Å². The zero-order valence-corrected chi connectivity index (χ0v) is 22.9. The Morgan fingerprint density at radius 3 is 2.31 bits per heavy atom. The lowest BCUT2D eigenvalue weighted by atomic mass is 10.1. The van der Waals surface area contributed by atoms with Crippen LogP contribution in [-0.4, -0.2) is 40.8 Å². The predicted molar refractivity (Wildman–Crippen MR) is 159 cm³/mol. The van der Waals surface area contributed by atoms with Crippen LogP contribution >= 0.6 is 23.4 Å². The van der Waals surface area contributed by atoms with E-state index in [0.717, 1.165) is 22.6 Å². The molecule has 0 atom stereocenters. The minimum absolute atomic E-state index is 0.233. The molecule has 0 unspecified atom stereocenters. The van der Waals surface area contributed by atoms with E-state index in [9.17, 15) is 4.79 Å². The fraction of sp³-hybridized carbons (Fsp3) is 0.100. The maximum atomic E-state index is 13.7. The van der Waals surface area contributed by atoms with Crippen molar-refractivity contribution in [1.82, 2.24) is 9.78 Å². The summed E-state index contributed by atoms with van der Waals surface area (Å²) in [6, 6.07) is 22.3. The largest absolute Gasteiger partial charge is 0.497 e. The van der Waals surface area contributed by atoms with E-state index in [2.05, 4.69) is 6.58 Å². The molecular weight excluding hydrogens is 532 g/mol. The number of benzene rings is 3. The van der Waals surface area contributed by atoms with E-state index in [0.29, 0.717) is 38.8 Å². The van der Waals surface area contributed by atoms with Crippen molar-refractivity contribution in [3.05, 3.63) is 108 Å². The zero-order valence-electron chi connectivity index (χ0n) is 21.4. The van der Waals surface area contributed by atoms with Crippen molar-refractivity contribution < 1.29 is 14.3 Å².